The molecule has 2 aromatic rings. The van der Waals surface area contributed by atoms with E-state index in [1.165, 1.54) is 0 Å². The lowest BCUT2D eigenvalue weighted by molar-refractivity contribution is -0.130. The van der Waals surface area contributed by atoms with E-state index in [-0.39, 0.29) is 24.9 Å². The maximum absolute atomic E-state index is 12.2. The average Bonchev–Trinajstić information content (AvgIpc) is 2.64. The Balaban J connectivity index is 1.74. The number of nitrogens with zero attached hydrogens (tertiary/aromatic N) is 1. The molecule has 3 amide bonds. The monoisotopic (exact) mass is 409 g/mol. The van der Waals surface area contributed by atoms with Gasteiger partial charge in [-0.05, 0) is 42.0 Å². The summed E-state index contributed by atoms with van der Waals surface area (Å²) in [5, 5.41) is 6.40. The number of urea groups is 1. The standard InChI is InChI=1S/C19H21Cl2N3O3/c1-24(12-13-3-4-14(20)11-17(13)21)18(25)9-10-22-19(26)23-15-5-7-16(27-2)8-6-15/h3-8,11H,9-10,12H2,1-2H3,(H2,22,23,26). The molecule has 0 saturated heterocycles. The van der Waals surface area contributed by atoms with Crippen LogP contribution in [-0.4, -0.2) is 37.5 Å². The van der Waals surface area contributed by atoms with E-state index in [1.54, 1.807) is 61.5 Å². The lowest BCUT2D eigenvalue weighted by Crippen LogP contribution is -2.34. The van der Waals surface area contributed by atoms with Gasteiger partial charge in [-0.15, -0.1) is 0 Å². The highest BCUT2D eigenvalue weighted by Gasteiger charge is 2.12. The van der Waals surface area contributed by atoms with Crippen molar-refractivity contribution in [2.24, 2.45) is 0 Å². The Morgan fingerprint density at radius 2 is 1.81 bits per heavy atom. The summed E-state index contributed by atoms with van der Waals surface area (Å²) in [4.78, 5) is 25.6. The van der Waals surface area contributed by atoms with Crippen molar-refractivity contribution in [1.82, 2.24) is 10.2 Å². The highest BCUT2D eigenvalue weighted by Crippen LogP contribution is 2.22. The smallest absolute Gasteiger partial charge is 0.319 e. The van der Waals surface area contributed by atoms with E-state index in [0.29, 0.717) is 28.0 Å². The normalized spacial score (nSPS) is 10.2. The number of methoxy groups -OCH3 is 1. The second-order valence-electron chi connectivity index (χ2n) is 5.84. The Hall–Kier alpha value is -2.44. The zero-order chi connectivity index (χ0) is 19.8. The lowest BCUT2D eigenvalue weighted by atomic mass is 10.2. The van der Waals surface area contributed by atoms with Crippen LogP contribution < -0.4 is 15.4 Å². The highest BCUT2D eigenvalue weighted by molar-refractivity contribution is 6.35. The van der Waals surface area contributed by atoms with E-state index >= 15 is 0 Å². The van der Waals surface area contributed by atoms with Crippen molar-refractivity contribution < 1.29 is 14.3 Å². The Morgan fingerprint density at radius 3 is 2.44 bits per heavy atom. The van der Waals surface area contributed by atoms with E-state index in [4.69, 9.17) is 27.9 Å². The van der Waals surface area contributed by atoms with Crippen molar-refractivity contribution in [3.05, 3.63) is 58.1 Å². The minimum Gasteiger partial charge on any atom is -0.497 e. The predicted octanol–water partition coefficient (Wildman–Crippen LogP) is 4.17. The second-order valence-corrected chi connectivity index (χ2v) is 6.69. The average molecular weight is 410 g/mol. The molecule has 0 aliphatic carbocycles. The third-order valence-electron chi connectivity index (χ3n) is 3.82. The van der Waals surface area contributed by atoms with Gasteiger partial charge in [0, 0.05) is 42.3 Å². The Morgan fingerprint density at radius 1 is 1.11 bits per heavy atom. The molecule has 0 saturated carbocycles. The summed E-state index contributed by atoms with van der Waals surface area (Å²) in [5.74, 6) is 0.598. The van der Waals surface area contributed by atoms with Crippen LogP contribution in [0.4, 0.5) is 10.5 Å². The van der Waals surface area contributed by atoms with Crippen LogP contribution in [0, 0.1) is 0 Å². The zero-order valence-corrected chi connectivity index (χ0v) is 16.6. The van der Waals surface area contributed by atoms with Gasteiger partial charge in [0.1, 0.15) is 5.75 Å². The molecule has 27 heavy (non-hydrogen) atoms. The van der Waals surface area contributed by atoms with Gasteiger partial charge in [-0.1, -0.05) is 29.3 Å². The molecular formula is C19H21Cl2N3O3. The summed E-state index contributed by atoms with van der Waals surface area (Å²) < 4.78 is 5.06. The fraction of sp³-hybridized carbons (Fsp3) is 0.263. The van der Waals surface area contributed by atoms with Gasteiger partial charge in [-0.25, -0.2) is 4.79 Å². The molecule has 0 aromatic heterocycles. The van der Waals surface area contributed by atoms with Crippen molar-refractivity contribution in [2.75, 3.05) is 26.0 Å². The van der Waals surface area contributed by atoms with Gasteiger partial charge in [-0.2, -0.15) is 0 Å². The van der Waals surface area contributed by atoms with Crippen LogP contribution in [0.5, 0.6) is 5.75 Å². The van der Waals surface area contributed by atoms with Gasteiger partial charge in [0.15, 0.2) is 0 Å². The molecule has 0 bridgehead atoms. The number of amides is 3. The number of nitrogens with one attached hydrogen (secondary N) is 2. The van der Waals surface area contributed by atoms with Crippen molar-refractivity contribution in [1.29, 1.82) is 0 Å². The maximum atomic E-state index is 12.2. The number of anilines is 1. The first-order chi connectivity index (χ1) is 12.9. The quantitative estimate of drug-likeness (QED) is 0.720. The highest BCUT2D eigenvalue weighted by atomic mass is 35.5. The number of hydrogen-bond acceptors (Lipinski definition) is 3. The van der Waals surface area contributed by atoms with E-state index < -0.39 is 0 Å². The fourth-order valence-electron chi connectivity index (χ4n) is 2.32. The van der Waals surface area contributed by atoms with Crippen LogP contribution in [0.25, 0.3) is 0 Å². The van der Waals surface area contributed by atoms with Gasteiger partial charge in [-0.3, -0.25) is 4.79 Å². The molecule has 144 valence electrons. The predicted molar refractivity (Wildman–Crippen MR) is 108 cm³/mol. The molecule has 0 unspecified atom stereocenters. The topological polar surface area (TPSA) is 70.7 Å². The van der Waals surface area contributed by atoms with Crippen LogP contribution in [-0.2, 0) is 11.3 Å². The molecule has 0 radical (unpaired) electrons. The first kappa shape index (κ1) is 20.9. The fourth-order valence-corrected chi connectivity index (χ4v) is 2.79. The van der Waals surface area contributed by atoms with Gasteiger partial charge in [0.2, 0.25) is 5.91 Å². The van der Waals surface area contributed by atoms with E-state index in [9.17, 15) is 9.59 Å². The van der Waals surface area contributed by atoms with Crippen LogP contribution >= 0.6 is 23.2 Å². The first-order valence-corrected chi connectivity index (χ1v) is 9.01. The van der Waals surface area contributed by atoms with Gasteiger partial charge in [0.05, 0.1) is 7.11 Å². The molecule has 2 rings (SSSR count). The lowest BCUT2D eigenvalue weighted by Gasteiger charge is -2.18. The summed E-state index contributed by atoms with van der Waals surface area (Å²) in [6.07, 6.45) is 0.178. The van der Waals surface area contributed by atoms with Crippen LogP contribution in [0.1, 0.15) is 12.0 Å². The molecule has 0 aliphatic rings. The van der Waals surface area contributed by atoms with Crippen molar-refractivity contribution >= 4 is 40.8 Å². The van der Waals surface area contributed by atoms with Gasteiger partial charge >= 0.3 is 6.03 Å². The largest absolute Gasteiger partial charge is 0.497 e. The number of rotatable bonds is 7. The maximum Gasteiger partial charge on any atom is 0.319 e. The van der Waals surface area contributed by atoms with Gasteiger partial charge < -0.3 is 20.3 Å². The molecule has 6 nitrogen and oxygen atoms in total. The minimum atomic E-state index is -0.378. The molecule has 0 fully saturated rings. The molecular weight excluding hydrogens is 389 g/mol. The van der Waals surface area contributed by atoms with Crippen molar-refractivity contribution in [2.45, 2.75) is 13.0 Å². The number of ether oxygens (including phenoxy) is 1. The SMILES string of the molecule is COc1ccc(NC(=O)NCCC(=O)N(C)Cc2ccc(Cl)cc2Cl)cc1. The molecule has 8 heteroatoms. The van der Waals surface area contributed by atoms with Crippen molar-refractivity contribution in [3.8, 4) is 5.75 Å². The summed E-state index contributed by atoms with van der Waals surface area (Å²) in [6, 6.07) is 11.7. The Bertz CT molecular complexity index is 797. The summed E-state index contributed by atoms with van der Waals surface area (Å²) >= 11 is 12.0. The second kappa shape index (κ2) is 10.0. The minimum absolute atomic E-state index is 0.106. The van der Waals surface area contributed by atoms with E-state index in [2.05, 4.69) is 10.6 Å². The molecule has 0 atom stereocenters. The number of benzene rings is 2. The molecule has 0 heterocycles. The zero-order valence-electron chi connectivity index (χ0n) is 15.1. The number of halogens is 2. The Kier molecular flexibility index (Phi) is 7.76. The molecule has 0 aliphatic heterocycles. The number of carbonyl (C=O) groups is 2. The third-order valence-corrected chi connectivity index (χ3v) is 4.41. The summed E-state index contributed by atoms with van der Waals surface area (Å²) in [7, 11) is 3.26. The van der Waals surface area contributed by atoms with E-state index in [1.807, 2.05) is 0 Å². The molecule has 0 spiro atoms. The number of hydrogen-bond donors (Lipinski definition) is 2. The van der Waals surface area contributed by atoms with Crippen LogP contribution in [0.15, 0.2) is 42.5 Å². The van der Waals surface area contributed by atoms with Crippen LogP contribution in [0.3, 0.4) is 0 Å². The van der Waals surface area contributed by atoms with Crippen LogP contribution in [0.2, 0.25) is 10.0 Å². The number of carbonyl (C=O) groups excluding carboxylic acids is 2. The first-order valence-electron chi connectivity index (χ1n) is 8.26. The van der Waals surface area contributed by atoms with Gasteiger partial charge in [0.25, 0.3) is 0 Å². The molecule has 2 aromatic carbocycles. The molecule has 2 N–H and O–H groups in total. The van der Waals surface area contributed by atoms with E-state index in [0.717, 1.165) is 5.56 Å². The third kappa shape index (κ3) is 6.66. The summed E-state index contributed by atoms with van der Waals surface area (Å²) in [6.45, 7) is 0.590. The van der Waals surface area contributed by atoms with Crippen molar-refractivity contribution in [3.63, 3.8) is 0 Å². The Labute approximate surface area is 168 Å². The summed E-state index contributed by atoms with van der Waals surface area (Å²) in [5.41, 5.74) is 1.44.